The topological polar surface area (TPSA) is 82.6 Å². The molecule has 1 aliphatic heterocycles. The van der Waals surface area contributed by atoms with E-state index in [1.54, 1.807) is 32.8 Å². The number of nitrogens with zero attached hydrogens (tertiary/aromatic N) is 3. The number of carbonyl (C=O) groups is 1. The summed E-state index contributed by atoms with van der Waals surface area (Å²) in [6, 6.07) is 2.91. The van der Waals surface area contributed by atoms with Crippen molar-refractivity contribution in [2.24, 2.45) is 0 Å². The van der Waals surface area contributed by atoms with Gasteiger partial charge in [-0.3, -0.25) is 4.79 Å². The average Bonchev–Trinajstić information content (AvgIpc) is 2.44. The lowest BCUT2D eigenvalue weighted by molar-refractivity contribution is -0.142. The van der Waals surface area contributed by atoms with Crippen molar-refractivity contribution in [2.75, 3.05) is 32.5 Å². The number of carbonyl (C=O) groups excluding carboxylic acids is 1. The molecule has 2 rings (SSSR count). The molecule has 0 radical (unpaired) electrons. The fourth-order valence-electron chi connectivity index (χ4n) is 2.45. The lowest BCUT2D eigenvalue weighted by Gasteiger charge is -2.43. The van der Waals surface area contributed by atoms with Gasteiger partial charge in [0.05, 0.1) is 4.90 Å². The molecule has 1 saturated heterocycles. The zero-order valence-electron chi connectivity index (χ0n) is 12.6. The third kappa shape index (κ3) is 2.60. The highest BCUT2D eigenvalue weighted by atomic mass is 32.2. The zero-order valence-corrected chi connectivity index (χ0v) is 13.4. The van der Waals surface area contributed by atoms with Crippen molar-refractivity contribution in [3.8, 4) is 0 Å². The number of rotatable bonds is 3. The Balaban J connectivity index is 2.46. The van der Waals surface area contributed by atoms with E-state index in [-0.39, 0.29) is 17.3 Å². The molecule has 1 amide bonds. The maximum absolute atomic E-state index is 12.8. The third-order valence-corrected chi connectivity index (χ3v) is 5.78. The molecule has 0 saturated carbocycles. The summed E-state index contributed by atoms with van der Waals surface area (Å²) in [5.74, 6) is 0.259. The Morgan fingerprint density at radius 2 is 2.00 bits per heavy atom. The first-order chi connectivity index (χ1) is 9.71. The van der Waals surface area contributed by atoms with Crippen molar-refractivity contribution >= 4 is 21.7 Å². The van der Waals surface area contributed by atoms with Gasteiger partial charge in [-0.2, -0.15) is 4.31 Å². The summed E-state index contributed by atoms with van der Waals surface area (Å²) in [6.45, 7) is 3.91. The second kappa shape index (κ2) is 5.27. The van der Waals surface area contributed by atoms with Crippen molar-refractivity contribution in [3.05, 3.63) is 18.3 Å². The van der Waals surface area contributed by atoms with E-state index in [0.717, 1.165) is 0 Å². The Morgan fingerprint density at radius 1 is 1.33 bits per heavy atom. The molecule has 0 aliphatic carbocycles. The number of hydrogen-bond donors (Lipinski definition) is 1. The van der Waals surface area contributed by atoms with E-state index in [0.29, 0.717) is 12.4 Å². The van der Waals surface area contributed by atoms with Crippen LogP contribution in [0.5, 0.6) is 0 Å². The van der Waals surface area contributed by atoms with Gasteiger partial charge >= 0.3 is 0 Å². The number of likely N-dealkylation sites (N-methyl/N-ethyl adjacent to an activating group) is 1. The van der Waals surface area contributed by atoms with Crippen LogP contribution in [0.2, 0.25) is 0 Å². The molecule has 7 nitrogen and oxygen atoms in total. The molecule has 1 aromatic heterocycles. The van der Waals surface area contributed by atoms with E-state index in [2.05, 4.69) is 10.3 Å². The minimum atomic E-state index is -3.75. The van der Waals surface area contributed by atoms with Gasteiger partial charge in [-0.1, -0.05) is 0 Å². The smallest absolute Gasteiger partial charge is 0.244 e. The van der Waals surface area contributed by atoms with Gasteiger partial charge in [-0.05, 0) is 19.9 Å². The standard InChI is InChI=1S/C13H20N4O3S/c1-13(2)12(18)16(4)7-8-17(13)21(19,20)10-5-6-15-11(9-10)14-3/h5-6,9H,7-8H2,1-4H3,(H,14,15). The van der Waals surface area contributed by atoms with E-state index in [1.165, 1.54) is 22.6 Å². The number of pyridine rings is 1. The SMILES string of the molecule is CNc1cc(S(=O)(=O)N2CCN(C)C(=O)C2(C)C)ccn1. The summed E-state index contributed by atoms with van der Waals surface area (Å²) in [6.07, 6.45) is 1.43. The molecule has 0 bridgehead atoms. The first kappa shape index (κ1) is 15.7. The Hall–Kier alpha value is -1.67. The molecule has 1 aliphatic rings. The Bertz CT molecular complexity index is 657. The maximum Gasteiger partial charge on any atom is 0.244 e. The molecule has 1 aromatic rings. The zero-order chi connectivity index (χ0) is 15.8. The average molecular weight is 312 g/mol. The number of sulfonamides is 1. The molecule has 0 unspecified atom stereocenters. The molecule has 0 aromatic carbocycles. The molecular formula is C13H20N4O3S. The van der Waals surface area contributed by atoms with Crippen LogP contribution < -0.4 is 5.32 Å². The molecule has 1 fully saturated rings. The van der Waals surface area contributed by atoms with Crippen LogP contribution in [0, 0.1) is 0 Å². The van der Waals surface area contributed by atoms with Gasteiger partial charge in [-0.15, -0.1) is 0 Å². The van der Waals surface area contributed by atoms with Crippen LogP contribution in [-0.4, -0.2) is 61.2 Å². The van der Waals surface area contributed by atoms with Gasteiger partial charge in [0.15, 0.2) is 0 Å². The molecule has 0 atom stereocenters. The number of nitrogens with one attached hydrogen (secondary N) is 1. The Kier molecular flexibility index (Phi) is 3.94. The summed E-state index contributed by atoms with van der Waals surface area (Å²) in [5, 5.41) is 2.81. The first-order valence-corrected chi connectivity index (χ1v) is 8.07. The van der Waals surface area contributed by atoms with Gasteiger partial charge < -0.3 is 10.2 Å². The van der Waals surface area contributed by atoms with E-state index >= 15 is 0 Å². The summed E-state index contributed by atoms with van der Waals surface area (Å²) in [7, 11) is -0.404. The number of anilines is 1. The highest BCUT2D eigenvalue weighted by Crippen LogP contribution is 2.29. The van der Waals surface area contributed by atoms with E-state index < -0.39 is 15.6 Å². The van der Waals surface area contributed by atoms with Crippen LogP contribution in [0.3, 0.4) is 0 Å². The normalized spacial score (nSPS) is 19.6. The van der Waals surface area contributed by atoms with E-state index in [9.17, 15) is 13.2 Å². The van der Waals surface area contributed by atoms with Gasteiger partial charge in [0.25, 0.3) is 0 Å². The van der Waals surface area contributed by atoms with Crippen molar-refractivity contribution < 1.29 is 13.2 Å². The number of piperazine rings is 1. The predicted octanol–water partition coefficient (Wildman–Crippen LogP) is 0.365. The lowest BCUT2D eigenvalue weighted by Crippen LogP contribution is -2.63. The molecule has 8 heteroatoms. The molecule has 1 N–H and O–H groups in total. The van der Waals surface area contributed by atoms with Gasteiger partial charge in [0.2, 0.25) is 15.9 Å². The van der Waals surface area contributed by atoms with Crippen molar-refractivity contribution in [3.63, 3.8) is 0 Å². The second-order valence-corrected chi connectivity index (χ2v) is 7.35. The number of hydrogen-bond acceptors (Lipinski definition) is 5. The number of amides is 1. The second-order valence-electron chi connectivity index (χ2n) is 5.49. The van der Waals surface area contributed by atoms with Crippen LogP contribution in [0.25, 0.3) is 0 Å². The summed E-state index contributed by atoms with van der Waals surface area (Å²) < 4.78 is 26.9. The van der Waals surface area contributed by atoms with Gasteiger partial charge in [0.1, 0.15) is 11.4 Å². The van der Waals surface area contributed by atoms with E-state index in [1.807, 2.05) is 0 Å². The van der Waals surface area contributed by atoms with Crippen LogP contribution in [0.1, 0.15) is 13.8 Å². The molecule has 21 heavy (non-hydrogen) atoms. The van der Waals surface area contributed by atoms with Crippen molar-refractivity contribution in [2.45, 2.75) is 24.3 Å². The molecule has 116 valence electrons. The Labute approximate surface area is 125 Å². The van der Waals surface area contributed by atoms with Crippen molar-refractivity contribution in [1.82, 2.24) is 14.2 Å². The highest BCUT2D eigenvalue weighted by Gasteiger charge is 2.46. The summed E-state index contributed by atoms with van der Waals surface area (Å²) in [4.78, 5) is 17.9. The fourth-order valence-corrected chi connectivity index (χ4v) is 4.20. The maximum atomic E-state index is 12.8. The minimum Gasteiger partial charge on any atom is -0.373 e. The predicted molar refractivity (Wildman–Crippen MR) is 79.4 cm³/mol. The minimum absolute atomic E-state index is 0.132. The monoisotopic (exact) mass is 312 g/mol. The van der Waals surface area contributed by atoms with Gasteiger partial charge in [-0.25, -0.2) is 13.4 Å². The Morgan fingerprint density at radius 3 is 2.62 bits per heavy atom. The number of aromatic nitrogens is 1. The van der Waals surface area contributed by atoms with Crippen LogP contribution >= 0.6 is 0 Å². The van der Waals surface area contributed by atoms with Crippen LogP contribution in [0.15, 0.2) is 23.2 Å². The van der Waals surface area contributed by atoms with E-state index in [4.69, 9.17) is 0 Å². The summed E-state index contributed by atoms with van der Waals surface area (Å²) >= 11 is 0. The van der Waals surface area contributed by atoms with Crippen molar-refractivity contribution in [1.29, 1.82) is 0 Å². The fraction of sp³-hybridized carbons (Fsp3) is 0.538. The molecule has 0 spiro atoms. The van der Waals surface area contributed by atoms with Crippen LogP contribution in [0.4, 0.5) is 5.82 Å². The molecule has 2 heterocycles. The largest absolute Gasteiger partial charge is 0.373 e. The van der Waals surface area contributed by atoms with Gasteiger partial charge in [0, 0.05) is 39.4 Å². The molecular weight excluding hydrogens is 292 g/mol. The lowest BCUT2D eigenvalue weighted by atomic mass is 10.0. The van der Waals surface area contributed by atoms with Crippen LogP contribution in [-0.2, 0) is 14.8 Å². The highest BCUT2D eigenvalue weighted by molar-refractivity contribution is 7.89. The first-order valence-electron chi connectivity index (χ1n) is 6.63. The summed E-state index contributed by atoms with van der Waals surface area (Å²) in [5.41, 5.74) is -1.10. The quantitative estimate of drug-likeness (QED) is 0.871. The third-order valence-electron chi connectivity index (χ3n) is 3.71.